The molecule has 3 nitrogen and oxygen atoms in total. The topological polar surface area (TPSA) is 35.5 Å². The highest BCUT2D eigenvalue weighted by atomic mass is 32.2. The first-order valence-corrected chi connectivity index (χ1v) is 6.89. The summed E-state index contributed by atoms with van der Waals surface area (Å²) in [6, 6.07) is 0. The maximum absolute atomic E-state index is 10.5. The second kappa shape index (κ2) is 8.38. The van der Waals surface area contributed by atoms with Gasteiger partial charge in [-0.15, -0.1) is 0 Å². The smallest absolute Gasteiger partial charge is 0.0582 e. The maximum atomic E-state index is 10.5. The average Bonchev–Trinajstić information content (AvgIpc) is 2.51. The van der Waals surface area contributed by atoms with Gasteiger partial charge in [-0.05, 0) is 12.8 Å². The zero-order valence-corrected chi connectivity index (χ0v) is 9.52. The summed E-state index contributed by atoms with van der Waals surface area (Å²) < 4.78 is 20.6. The van der Waals surface area contributed by atoms with Crippen LogP contribution < -0.4 is 0 Å². The molecule has 0 bridgehead atoms. The van der Waals surface area contributed by atoms with Gasteiger partial charge in [0, 0.05) is 35.5 Å². The van der Waals surface area contributed by atoms with Gasteiger partial charge in [-0.2, -0.15) is 0 Å². The average molecular weight is 220 g/mol. The van der Waals surface area contributed by atoms with Crippen molar-refractivity contribution in [3.8, 4) is 0 Å². The van der Waals surface area contributed by atoms with E-state index in [1.165, 1.54) is 25.7 Å². The van der Waals surface area contributed by atoms with E-state index in [1.54, 1.807) is 0 Å². The standard InChI is InChI=1S/C6H12O.C4H8O2S/c1-2-4-6-7-5-3-1;5-7-3-1-6-2-4-7/h1-6H2;1-4H2. The van der Waals surface area contributed by atoms with Gasteiger partial charge in [-0.25, -0.2) is 0 Å². The summed E-state index contributed by atoms with van der Waals surface area (Å²) in [6.07, 6.45) is 5.31. The molecule has 0 radical (unpaired) electrons. The van der Waals surface area contributed by atoms with E-state index in [2.05, 4.69) is 0 Å². The molecule has 2 aliphatic rings. The van der Waals surface area contributed by atoms with E-state index in [0.717, 1.165) is 24.7 Å². The van der Waals surface area contributed by atoms with Gasteiger partial charge in [0.2, 0.25) is 0 Å². The van der Waals surface area contributed by atoms with Crippen LogP contribution in [0, 0.1) is 0 Å². The van der Waals surface area contributed by atoms with Crippen LogP contribution in [0.15, 0.2) is 0 Å². The summed E-state index contributed by atoms with van der Waals surface area (Å²) in [6.45, 7) is 3.37. The van der Waals surface area contributed by atoms with Crippen LogP contribution in [-0.4, -0.2) is 42.1 Å². The highest BCUT2D eigenvalue weighted by Gasteiger charge is 2.04. The molecule has 0 N–H and O–H groups in total. The maximum Gasteiger partial charge on any atom is 0.0582 e. The van der Waals surface area contributed by atoms with Crippen molar-refractivity contribution in [2.75, 3.05) is 37.9 Å². The van der Waals surface area contributed by atoms with Crippen molar-refractivity contribution in [3.05, 3.63) is 0 Å². The fourth-order valence-corrected chi connectivity index (χ4v) is 2.18. The van der Waals surface area contributed by atoms with E-state index in [0.29, 0.717) is 13.2 Å². The van der Waals surface area contributed by atoms with Crippen molar-refractivity contribution in [3.63, 3.8) is 0 Å². The minimum Gasteiger partial charge on any atom is -0.381 e. The van der Waals surface area contributed by atoms with Gasteiger partial charge < -0.3 is 9.47 Å². The summed E-state index contributed by atoms with van der Waals surface area (Å²) in [5, 5.41) is 0. The highest BCUT2D eigenvalue weighted by Crippen LogP contribution is 2.04. The van der Waals surface area contributed by atoms with E-state index < -0.39 is 10.8 Å². The lowest BCUT2D eigenvalue weighted by atomic mass is 10.2. The Kier molecular flexibility index (Phi) is 7.27. The fraction of sp³-hybridized carbons (Fsp3) is 1.00. The Balaban J connectivity index is 0.000000140. The first-order valence-electron chi connectivity index (χ1n) is 5.40. The zero-order chi connectivity index (χ0) is 10.1. The summed E-state index contributed by atoms with van der Waals surface area (Å²) in [5.41, 5.74) is 0. The van der Waals surface area contributed by atoms with E-state index in [4.69, 9.17) is 9.47 Å². The molecule has 4 heteroatoms. The van der Waals surface area contributed by atoms with Crippen LogP contribution in [0.1, 0.15) is 25.7 Å². The van der Waals surface area contributed by atoms with Gasteiger partial charge >= 0.3 is 0 Å². The molecular formula is C10H20O3S. The third kappa shape index (κ3) is 6.51. The van der Waals surface area contributed by atoms with Crippen LogP contribution in [0.3, 0.4) is 0 Å². The molecule has 2 fully saturated rings. The van der Waals surface area contributed by atoms with Crippen molar-refractivity contribution in [1.82, 2.24) is 0 Å². The molecule has 2 heterocycles. The molecular weight excluding hydrogens is 200 g/mol. The van der Waals surface area contributed by atoms with E-state index >= 15 is 0 Å². The van der Waals surface area contributed by atoms with Crippen molar-refractivity contribution in [2.24, 2.45) is 0 Å². The molecule has 2 rings (SSSR count). The first-order chi connectivity index (χ1) is 6.89. The Bertz CT molecular complexity index is 134. The Hall–Kier alpha value is 0.0700. The predicted molar refractivity (Wildman–Crippen MR) is 58.0 cm³/mol. The molecule has 0 aromatic heterocycles. The first kappa shape index (κ1) is 12.1. The second-order valence-corrected chi connectivity index (χ2v) is 5.18. The lowest BCUT2D eigenvalue weighted by Crippen LogP contribution is -2.19. The van der Waals surface area contributed by atoms with Crippen molar-refractivity contribution in [2.45, 2.75) is 25.7 Å². The van der Waals surface area contributed by atoms with Crippen molar-refractivity contribution < 1.29 is 13.7 Å². The minimum absolute atomic E-state index is 0.565. The molecule has 0 unspecified atom stereocenters. The largest absolute Gasteiger partial charge is 0.381 e. The Labute approximate surface area is 88.6 Å². The predicted octanol–water partition coefficient (Wildman–Crippen LogP) is 1.34. The Morgan fingerprint density at radius 1 is 0.714 bits per heavy atom. The normalized spacial score (nSPS) is 24.6. The quantitative estimate of drug-likeness (QED) is 0.618. The third-order valence-corrected chi connectivity index (χ3v) is 3.48. The minimum atomic E-state index is -0.565. The van der Waals surface area contributed by atoms with Crippen LogP contribution in [0.2, 0.25) is 0 Å². The second-order valence-electron chi connectivity index (χ2n) is 3.49. The summed E-state index contributed by atoms with van der Waals surface area (Å²) in [4.78, 5) is 0. The number of rotatable bonds is 0. The van der Waals surface area contributed by atoms with Gasteiger partial charge in [-0.3, -0.25) is 4.21 Å². The van der Waals surface area contributed by atoms with Gasteiger partial charge in [0.25, 0.3) is 0 Å². The molecule has 2 saturated heterocycles. The van der Waals surface area contributed by atoms with Gasteiger partial charge in [0.05, 0.1) is 13.2 Å². The van der Waals surface area contributed by atoms with Crippen molar-refractivity contribution in [1.29, 1.82) is 0 Å². The highest BCUT2D eigenvalue weighted by molar-refractivity contribution is 7.85. The number of hydrogen-bond donors (Lipinski definition) is 0. The molecule has 0 saturated carbocycles. The van der Waals surface area contributed by atoms with Crippen LogP contribution in [0.5, 0.6) is 0 Å². The summed E-state index contributed by atoms with van der Waals surface area (Å²) in [7, 11) is -0.565. The van der Waals surface area contributed by atoms with E-state index in [-0.39, 0.29) is 0 Å². The summed E-state index contributed by atoms with van der Waals surface area (Å²) >= 11 is 0. The molecule has 0 aromatic carbocycles. The molecule has 0 spiro atoms. The fourth-order valence-electron chi connectivity index (χ4n) is 1.37. The van der Waals surface area contributed by atoms with Gasteiger partial charge in [0.15, 0.2) is 0 Å². The molecule has 0 amide bonds. The third-order valence-electron chi connectivity index (χ3n) is 2.24. The van der Waals surface area contributed by atoms with Crippen LogP contribution in [0.25, 0.3) is 0 Å². The van der Waals surface area contributed by atoms with Crippen molar-refractivity contribution >= 4 is 10.8 Å². The number of ether oxygens (including phenoxy) is 2. The zero-order valence-electron chi connectivity index (χ0n) is 8.70. The Morgan fingerprint density at radius 3 is 1.64 bits per heavy atom. The Morgan fingerprint density at radius 2 is 1.21 bits per heavy atom. The lowest BCUT2D eigenvalue weighted by Gasteiger charge is -2.08. The molecule has 84 valence electrons. The van der Waals surface area contributed by atoms with E-state index in [9.17, 15) is 4.21 Å². The molecule has 0 aliphatic carbocycles. The van der Waals surface area contributed by atoms with Crippen LogP contribution in [0.4, 0.5) is 0 Å². The van der Waals surface area contributed by atoms with Gasteiger partial charge in [-0.1, -0.05) is 12.8 Å². The number of hydrogen-bond acceptors (Lipinski definition) is 3. The SMILES string of the molecule is C1CCCOCC1.O=S1CCOCC1. The van der Waals surface area contributed by atoms with Crippen LogP contribution in [-0.2, 0) is 20.3 Å². The molecule has 0 aromatic rings. The monoisotopic (exact) mass is 220 g/mol. The van der Waals surface area contributed by atoms with Crippen LogP contribution >= 0.6 is 0 Å². The molecule has 2 aliphatic heterocycles. The lowest BCUT2D eigenvalue weighted by molar-refractivity contribution is 0.144. The summed E-state index contributed by atoms with van der Waals surface area (Å²) in [5.74, 6) is 1.47. The molecule has 14 heavy (non-hydrogen) atoms. The van der Waals surface area contributed by atoms with Gasteiger partial charge in [0.1, 0.15) is 0 Å². The van der Waals surface area contributed by atoms with E-state index in [1.807, 2.05) is 0 Å². The molecule has 0 atom stereocenters.